The van der Waals surface area contributed by atoms with Gasteiger partial charge in [0.25, 0.3) is 0 Å². The van der Waals surface area contributed by atoms with Crippen molar-refractivity contribution < 1.29 is 9.84 Å². The van der Waals surface area contributed by atoms with E-state index in [1.807, 2.05) is 36.4 Å². The summed E-state index contributed by atoms with van der Waals surface area (Å²) in [5.41, 5.74) is 2.02. The van der Waals surface area contributed by atoms with Crippen molar-refractivity contribution in [2.45, 2.75) is 19.4 Å². The van der Waals surface area contributed by atoms with Crippen molar-refractivity contribution in [3.05, 3.63) is 47.7 Å². The van der Waals surface area contributed by atoms with Crippen molar-refractivity contribution in [2.75, 3.05) is 43.1 Å². The summed E-state index contributed by atoms with van der Waals surface area (Å²) in [5.74, 6) is 1.47. The van der Waals surface area contributed by atoms with Gasteiger partial charge in [-0.2, -0.15) is 4.98 Å². The molecular formula is C18H24N4O2. The SMILES string of the molecule is CCc1cc(N[C@@H](CO)c2ccccc2)nc(N2CCOCC2)n1. The molecule has 0 radical (unpaired) electrons. The first kappa shape index (κ1) is 16.7. The van der Waals surface area contributed by atoms with Crippen LogP contribution >= 0.6 is 0 Å². The van der Waals surface area contributed by atoms with Crippen molar-refractivity contribution in [3.8, 4) is 0 Å². The quantitative estimate of drug-likeness (QED) is 0.845. The fourth-order valence-electron chi connectivity index (χ4n) is 2.74. The molecule has 0 aliphatic carbocycles. The minimum atomic E-state index is -0.191. The minimum Gasteiger partial charge on any atom is -0.394 e. The number of benzene rings is 1. The van der Waals surface area contributed by atoms with Crippen LogP contribution in [0.3, 0.4) is 0 Å². The molecule has 1 fully saturated rings. The molecule has 1 saturated heterocycles. The molecule has 0 bridgehead atoms. The zero-order chi connectivity index (χ0) is 16.8. The Labute approximate surface area is 142 Å². The third kappa shape index (κ3) is 4.01. The van der Waals surface area contributed by atoms with Gasteiger partial charge < -0.3 is 20.1 Å². The summed E-state index contributed by atoms with van der Waals surface area (Å²) in [5, 5.41) is 13.1. The van der Waals surface area contributed by atoms with E-state index in [1.54, 1.807) is 0 Å². The van der Waals surface area contributed by atoms with Crippen LogP contribution in [0.4, 0.5) is 11.8 Å². The fraction of sp³-hybridized carbons (Fsp3) is 0.444. The smallest absolute Gasteiger partial charge is 0.227 e. The molecular weight excluding hydrogens is 304 g/mol. The zero-order valence-corrected chi connectivity index (χ0v) is 14.0. The lowest BCUT2D eigenvalue weighted by atomic mass is 10.1. The maximum Gasteiger partial charge on any atom is 0.227 e. The molecule has 0 saturated carbocycles. The Bertz CT molecular complexity index is 645. The van der Waals surface area contributed by atoms with E-state index in [9.17, 15) is 5.11 Å². The molecule has 1 aromatic carbocycles. The molecule has 3 rings (SSSR count). The molecule has 6 heteroatoms. The number of ether oxygens (including phenoxy) is 1. The highest BCUT2D eigenvalue weighted by molar-refractivity contribution is 5.46. The fourth-order valence-corrected chi connectivity index (χ4v) is 2.74. The van der Waals surface area contributed by atoms with Gasteiger partial charge in [0.2, 0.25) is 5.95 Å². The number of hydrogen-bond donors (Lipinski definition) is 2. The maximum atomic E-state index is 9.75. The Morgan fingerprint density at radius 3 is 2.62 bits per heavy atom. The molecule has 1 aliphatic heterocycles. The average molecular weight is 328 g/mol. The van der Waals surface area contributed by atoms with Gasteiger partial charge in [0.15, 0.2) is 0 Å². The Balaban J connectivity index is 1.83. The predicted octanol–water partition coefficient (Wildman–Crippen LogP) is 2.02. The summed E-state index contributed by atoms with van der Waals surface area (Å²) in [4.78, 5) is 11.4. The summed E-state index contributed by atoms with van der Waals surface area (Å²) in [6.45, 7) is 5.08. The molecule has 0 amide bonds. The van der Waals surface area contributed by atoms with Gasteiger partial charge in [-0.1, -0.05) is 37.3 Å². The molecule has 2 heterocycles. The summed E-state index contributed by atoms with van der Waals surface area (Å²) in [6.07, 6.45) is 0.837. The second kappa shape index (κ2) is 8.08. The molecule has 24 heavy (non-hydrogen) atoms. The third-order valence-corrected chi connectivity index (χ3v) is 4.13. The van der Waals surface area contributed by atoms with E-state index in [2.05, 4.69) is 27.1 Å². The number of morpholine rings is 1. The summed E-state index contributed by atoms with van der Waals surface area (Å²) in [6, 6.07) is 11.7. The Morgan fingerprint density at radius 2 is 1.96 bits per heavy atom. The van der Waals surface area contributed by atoms with Crippen LogP contribution < -0.4 is 10.2 Å². The molecule has 1 atom stereocenters. The van der Waals surface area contributed by atoms with Gasteiger partial charge >= 0.3 is 0 Å². The van der Waals surface area contributed by atoms with Gasteiger partial charge in [-0.3, -0.25) is 0 Å². The summed E-state index contributed by atoms with van der Waals surface area (Å²) >= 11 is 0. The number of aromatic nitrogens is 2. The Kier molecular flexibility index (Phi) is 5.61. The van der Waals surface area contributed by atoms with Gasteiger partial charge in [0, 0.05) is 24.8 Å². The van der Waals surface area contributed by atoms with E-state index >= 15 is 0 Å². The molecule has 0 unspecified atom stereocenters. The number of nitrogens with zero attached hydrogens (tertiary/aromatic N) is 3. The summed E-state index contributed by atoms with van der Waals surface area (Å²) < 4.78 is 5.40. The van der Waals surface area contributed by atoms with Crippen LogP contribution in [-0.2, 0) is 11.2 Å². The van der Waals surface area contributed by atoms with Crippen molar-refractivity contribution in [1.82, 2.24) is 9.97 Å². The number of aliphatic hydroxyl groups excluding tert-OH is 1. The Morgan fingerprint density at radius 1 is 1.21 bits per heavy atom. The lowest BCUT2D eigenvalue weighted by Gasteiger charge is -2.27. The standard InChI is InChI=1S/C18H24N4O2/c1-2-15-12-17(20-16(13-23)14-6-4-3-5-7-14)21-18(19-15)22-8-10-24-11-9-22/h3-7,12,16,23H,2,8-11,13H2,1H3,(H,19,20,21)/t16-/m0/s1. The largest absolute Gasteiger partial charge is 0.394 e. The first-order valence-electron chi connectivity index (χ1n) is 8.43. The van der Waals surface area contributed by atoms with E-state index in [-0.39, 0.29) is 12.6 Å². The van der Waals surface area contributed by atoms with Crippen molar-refractivity contribution in [3.63, 3.8) is 0 Å². The number of anilines is 2. The van der Waals surface area contributed by atoms with E-state index in [1.165, 1.54) is 0 Å². The molecule has 128 valence electrons. The molecule has 2 aromatic rings. The first-order valence-corrected chi connectivity index (χ1v) is 8.43. The van der Waals surface area contributed by atoms with Crippen LogP contribution in [0, 0.1) is 0 Å². The van der Waals surface area contributed by atoms with Crippen LogP contribution in [0.2, 0.25) is 0 Å². The molecule has 1 aromatic heterocycles. The third-order valence-electron chi connectivity index (χ3n) is 4.13. The van der Waals surface area contributed by atoms with E-state index < -0.39 is 0 Å². The van der Waals surface area contributed by atoms with E-state index in [0.29, 0.717) is 13.2 Å². The minimum absolute atomic E-state index is 0.00234. The molecule has 0 spiro atoms. The lowest BCUT2D eigenvalue weighted by Crippen LogP contribution is -2.37. The van der Waals surface area contributed by atoms with Crippen molar-refractivity contribution in [1.29, 1.82) is 0 Å². The normalized spacial score (nSPS) is 16.0. The van der Waals surface area contributed by atoms with Gasteiger partial charge in [0.05, 0.1) is 25.9 Å². The van der Waals surface area contributed by atoms with E-state index in [4.69, 9.17) is 4.74 Å². The Hall–Kier alpha value is -2.18. The monoisotopic (exact) mass is 328 g/mol. The van der Waals surface area contributed by atoms with Gasteiger partial charge in [0.1, 0.15) is 5.82 Å². The van der Waals surface area contributed by atoms with Crippen molar-refractivity contribution >= 4 is 11.8 Å². The number of nitrogens with one attached hydrogen (secondary N) is 1. The maximum absolute atomic E-state index is 9.75. The number of rotatable bonds is 6. The first-order chi connectivity index (χ1) is 11.8. The van der Waals surface area contributed by atoms with Crippen molar-refractivity contribution in [2.24, 2.45) is 0 Å². The molecule has 2 N–H and O–H groups in total. The highest BCUT2D eigenvalue weighted by Crippen LogP contribution is 2.21. The topological polar surface area (TPSA) is 70.5 Å². The number of hydrogen-bond acceptors (Lipinski definition) is 6. The van der Waals surface area contributed by atoms with Crippen LogP contribution in [0.25, 0.3) is 0 Å². The highest BCUT2D eigenvalue weighted by atomic mass is 16.5. The van der Waals surface area contributed by atoms with Crippen LogP contribution in [0.15, 0.2) is 36.4 Å². The lowest BCUT2D eigenvalue weighted by molar-refractivity contribution is 0.122. The predicted molar refractivity (Wildman–Crippen MR) is 94.3 cm³/mol. The molecule has 6 nitrogen and oxygen atoms in total. The van der Waals surface area contributed by atoms with Crippen LogP contribution in [0.5, 0.6) is 0 Å². The summed E-state index contributed by atoms with van der Waals surface area (Å²) in [7, 11) is 0. The van der Waals surface area contributed by atoms with Gasteiger partial charge in [-0.25, -0.2) is 4.98 Å². The second-order valence-corrected chi connectivity index (χ2v) is 5.79. The van der Waals surface area contributed by atoms with E-state index in [0.717, 1.165) is 42.5 Å². The van der Waals surface area contributed by atoms with Crippen LogP contribution in [0.1, 0.15) is 24.2 Å². The molecule has 1 aliphatic rings. The second-order valence-electron chi connectivity index (χ2n) is 5.79. The zero-order valence-electron chi connectivity index (χ0n) is 14.0. The van der Waals surface area contributed by atoms with Crippen LogP contribution in [-0.4, -0.2) is 48.0 Å². The number of aryl methyl sites for hydroxylation is 1. The number of aliphatic hydroxyl groups is 1. The van der Waals surface area contributed by atoms with Gasteiger partial charge in [-0.05, 0) is 12.0 Å². The van der Waals surface area contributed by atoms with Gasteiger partial charge in [-0.15, -0.1) is 0 Å². The highest BCUT2D eigenvalue weighted by Gasteiger charge is 2.17. The average Bonchev–Trinajstić information content (AvgIpc) is 2.67.